The Morgan fingerprint density at radius 1 is 1.20 bits per heavy atom. The van der Waals surface area contributed by atoms with Crippen molar-refractivity contribution in [2.45, 2.75) is 44.1 Å². The summed E-state index contributed by atoms with van der Waals surface area (Å²) in [5.41, 5.74) is 5.59. The summed E-state index contributed by atoms with van der Waals surface area (Å²) in [6, 6.07) is 11.8. The second kappa shape index (κ2) is 11.3. The van der Waals surface area contributed by atoms with E-state index in [2.05, 4.69) is 10.3 Å². The van der Waals surface area contributed by atoms with Crippen LogP contribution in [0.2, 0.25) is 0 Å². The SMILES string of the molecule is Cc1cnc2c(OCC(F)F)cc(C(=O)NCC(O)(c3cc4c(c(-c5ccc(F)cc5)n3)OC[C@]4(C)C(N)=O)C3CC3)cc2c1. The van der Waals surface area contributed by atoms with Gasteiger partial charge in [0.1, 0.15) is 52.8 Å². The number of carbonyl (C=O) groups is 2. The monoisotopic (exact) mass is 620 g/mol. The van der Waals surface area contributed by atoms with Crippen molar-refractivity contribution in [2.75, 3.05) is 19.8 Å². The molecule has 4 N–H and O–H groups in total. The maximum atomic E-state index is 13.8. The number of hydrogen-bond donors (Lipinski definition) is 3. The maximum absolute atomic E-state index is 13.8. The van der Waals surface area contributed by atoms with E-state index in [-0.39, 0.29) is 36.1 Å². The van der Waals surface area contributed by atoms with Gasteiger partial charge >= 0.3 is 0 Å². The molecule has 234 valence electrons. The Kier molecular flexibility index (Phi) is 7.64. The third kappa shape index (κ3) is 5.66. The number of nitrogens with two attached hydrogens (primary N) is 1. The Labute approximate surface area is 256 Å². The molecule has 0 spiro atoms. The van der Waals surface area contributed by atoms with Crippen LogP contribution in [0.1, 0.15) is 46.9 Å². The Morgan fingerprint density at radius 3 is 2.60 bits per heavy atom. The molecule has 4 aromatic rings. The highest BCUT2D eigenvalue weighted by atomic mass is 19.3. The van der Waals surface area contributed by atoms with E-state index in [1.54, 1.807) is 31.3 Å². The normalized spacial score (nSPS) is 18.7. The molecule has 9 nitrogen and oxygen atoms in total. The van der Waals surface area contributed by atoms with Crippen LogP contribution in [0.5, 0.6) is 11.5 Å². The second-order valence-corrected chi connectivity index (χ2v) is 11.9. The number of hydrogen-bond acceptors (Lipinski definition) is 7. The van der Waals surface area contributed by atoms with E-state index in [1.807, 2.05) is 6.92 Å². The summed E-state index contributed by atoms with van der Waals surface area (Å²) in [5, 5.41) is 15.5. The molecule has 2 amide bonds. The molecule has 1 unspecified atom stereocenters. The van der Waals surface area contributed by atoms with Crippen molar-refractivity contribution in [1.82, 2.24) is 15.3 Å². The molecule has 3 heterocycles. The summed E-state index contributed by atoms with van der Waals surface area (Å²) in [6.45, 7) is 2.29. The Balaban J connectivity index is 1.37. The third-order valence-electron chi connectivity index (χ3n) is 8.46. The fourth-order valence-electron chi connectivity index (χ4n) is 5.66. The van der Waals surface area contributed by atoms with E-state index in [4.69, 9.17) is 20.2 Å². The standard InChI is InChI=1S/C33H31F3N4O5/c1-17-9-19-10-20(11-24(27(19)38-13-17)44-14-26(35)36)30(41)39-15-33(43,21-5-6-21)25-12-23-29(45-16-32(23,2)31(37)42)28(40-25)18-3-7-22(34)8-4-18/h3-4,7-13,21,26,43H,5-6,14-16H2,1-2H3,(H2,37,42)(H,39,41)/t32-,33?/m0/s1. The van der Waals surface area contributed by atoms with E-state index in [9.17, 15) is 27.9 Å². The van der Waals surface area contributed by atoms with Crippen LogP contribution in [0.25, 0.3) is 22.2 Å². The van der Waals surface area contributed by atoms with E-state index < -0.39 is 41.7 Å². The molecule has 45 heavy (non-hydrogen) atoms. The number of primary amides is 1. The number of halogens is 3. The van der Waals surface area contributed by atoms with Gasteiger partial charge in [-0.1, -0.05) is 0 Å². The van der Waals surface area contributed by atoms with Crippen molar-refractivity contribution in [2.24, 2.45) is 11.7 Å². The Hall–Kier alpha value is -4.71. The lowest BCUT2D eigenvalue weighted by Crippen LogP contribution is -2.44. The number of rotatable bonds is 10. The summed E-state index contributed by atoms with van der Waals surface area (Å²) in [7, 11) is 0. The van der Waals surface area contributed by atoms with Crippen molar-refractivity contribution >= 4 is 22.7 Å². The predicted molar refractivity (Wildman–Crippen MR) is 159 cm³/mol. The van der Waals surface area contributed by atoms with Crippen molar-refractivity contribution in [3.8, 4) is 22.8 Å². The summed E-state index contributed by atoms with van der Waals surface area (Å²) < 4.78 is 50.9. The minimum absolute atomic E-state index is 0.0328. The van der Waals surface area contributed by atoms with Gasteiger partial charge in [0, 0.05) is 28.3 Å². The van der Waals surface area contributed by atoms with Crippen LogP contribution in [0.15, 0.2) is 54.7 Å². The zero-order valence-corrected chi connectivity index (χ0v) is 24.6. The summed E-state index contributed by atoms with van der Waals surface area (Å²) in [5.74, 6) is -1.58. The van der Waals surface area contributed by atoms with Gasteiger partial charge in [-0.25, -0.2) is 18.2 Å². The first kappa shape index (κ1) is 30.3. The van der Waals surface area contributed by atoms with Gasteiger partial charge in [0.05, 0.1) is 12.2 Å². The van der Waals surface area contributed by atoms with Gasteiger partial charge in [-0.3, -0.25) is 14.6 Å². The zero-order valence-electron chi connectivity index (χ0n) is 24.6. The second-order valence-electron chi connectivity index (χ2n) is 11.9. The van der Waals surface area contributed by atoms with Gasteiger partial charge in [0.15, 0.2) is 0 Å². The number of fused-ring (bicyclic) bond motifs is 2. The number of nitrogens with zero attached hydrogens (tertiary/aromatic N) is 2. The Bertz CT molecular complexity index is 1810. The highest BCUT2D eigenvalue weighted by Crippen LogP contribution is 2.50. The van der Waals surface area contributed by atoms with Crippen molar-refractivity contribution in [3.05, 3.63) is 82.9 Å². The fourth-order valence-corrected chi connectivity index (χ4v) is 5.66. The van der Waals surface area contributed by atoms with Gasteiger partial charge in [0.2, 0.25) is 5.91 Å². The van der Waals surface area contributed by atoms with Crippen LogP contribution < -0.4 is 20.5 Å². The molecule has 2 aromatic heterocycles. The molecule has 0 bridgehead atoms. The minimum Gasteiger partial charge on any atom is -0.489 e. The lowest BCUT2D eigenvalue weighted by atomic mass is 9.81. The number of aryl methyl sites for hydroxylation is 1. The van der Waals surface area contributed by atoms with Gasteiger partial charge in [-0.05, 0) is 86.7 Å². The zero-order chi connectivity index (χ0) is 32.1. The van der Waals surface area contributed by atoms with Gasteiger partial charge < -0.3 is 25.6 Å². The first-order valence-corrected chi connectivity index (χ1v) is 14.5. The van der Waals surface area contributed by atoms with Gasteiger partial charge in [-0.2, -0.15) is 0 Å². The molecule has 12 heteroatoms. The number of ether oxygens (including phenoxy) is 2. The molecular formula is C33H31F3N4O5. The molecule has 0 saturated heterocycles. The van der Waals surface area contributed by atoms with Crippen LogP contribution >= 0.6 is 0 Å². The van der Waals surface area contributed by atoms with Gasteiger partial charge in [-0.15, -0.1) is 0 Å². The molecule has 1 saturated carbocycles. The van der Waals surface area contributed by atoms with Crippen LogP contribution in [0, 0.1) is 18.7 Å². The molecule has 2 aromatic carbocycles. The largest absolute Gasteiger partial charge is 0.489 e. The predicted octanol–water partition coefficient (Wildman–Crippen LogP) is 4.55. The van der Waals surface area contributed by atoms with E-state index >= 15 is 0 Å². The summed E-state index contributed by atoms with van der Waals surface area (Å²) in [4.78, 5) is 35.1. The molecule has 2 atom stereocenters. The fraction of sp³-hybridized carbons (Fsp3) is 0.333. The van der Waals surface area contributed by atoms with E-state index in [0.717, 1.165) is 5.56 Å². The topological polar surface area (TPSA) is 137 Å². The number of carbonyl (C=O) groups excluding carboxylic acids is 2. The van der Waals surface area contributed by atoms with Gasteiger partial charge in [0.25, 0.3) is 12.3 Å². The Morgan fingerprint density at radius 2 is 1.93 bits per heavy atom. The molecule has 0 radical (unpaired) electrons. The van der Waals surface area contributed by atoms with Crippen LogP contribution in [0.4, 0.5) is 13.2 Å². The summed E-state index contributed by atoms with van der Waals surface area (Å²) >= 11 is 0. The highest BCUT2D eigenvalue weighted by Gasteiger charge is 2.50. The lowest BCUT2D eigenvalue weighted by Gasteiger charge is -2.30. The molecule has 2 aliphatic rings. The number of nitrogens with one attached hydrogen (secondary N) is 1. The molecule has 1 aliphatic heterocycles. The minimum atomic E-state index is -2.72. The van der Waals surface area contributed by atoms with Crippen LogP contribution in [-0.4, -0.2) is 53.1 Å². The van der Waals surface area contributed by atoms with Crippen molar-refractivity contribution in [3.63, 3.8) is 0 Å². The number of alkyl halides is 2. The average molecular weight is 621 g/mol. The van der Waals surface area contributed by atoms with Crippen molar-refractivity contribution in [1.29, 1.82) is 0 Å². The number of amides is 2. The quantitative estimate of drug-likeness (QED) is 0.237. The number of aromatic nitrogens is 2. The summed E-state index contributed by atoms with van der Waals surface area (Å²) in [6.07, 6.45) is 0.170. The smallest absolute Gasteiger partial charge is 0.272 e. The number of pyridine rings is 2. The first-order valence-electron chi connectivity index (χ1n) is 14.5. The number of benzene rings is 2. The molecule has 1 aliphatic carbocycles. The van der Waals surface area contributed by atoms with E-state index in [1.165, 1.54) is 30.3 Å². The highest BCUT2D eigenvalue weighted by molar-refractivity contribution is 6.00. The van der Waals surface area contributed by atoms with Crippen molar-refractivity contribution < 1.29 is 37.3 Å². The average Bonchev–Trinajstić information content (AvgIpc) is 3.82. The first-order chi connectivity index (χ1) is 21.4. The van der Waals surface area contributed by atoms with Crippen LogP contribution in [0.3, 0.4) is 0 Å². The lowest BCUT2D eigenvalue weighted by molar-refractivity contribution is -0.123. The van der Waals surface area contributed by atoms with Crippen LogP contribution in [-0.2, 0) is 15.8 Å². The molecular weight excluding hydrogens is 589 g/mol. The maximum Gasteiger partial charge on any atom is 0.272 e. The third-order valence-corrected chi connectivity index (χ3v) is 8.46. The molecule has 1 fully saturated rings. The number of aliphatic hydroxyl groups is 1. The van der Waals surface area contributed by atoms with E-state index in [0.29, 0.717) is 46.3 Å². The molecule has 6 rings (SSSR count).